The van der Waals surface area contributed by atoms with Crippen molar-refractivity contribution in [2.24, 2.45) is 0 Å². The first-order chi connectivity index (χ1) is 7.80. The van der Waals surface area contributed by atoms with Crippen molar-refractivity contribution in [3.63, 3.8) is 0 Å². The fourth-order valence-electron chi connectivity index (χ4n) is 1.31. The quantitative estimate of drug-likeness (QED) is 0.850. The molecule has 2 rings (SSSR count). The monoisotopic (exact) mass is 294 g/mol. The van der Waals surface area contributed by atoms with Crippen molar-refractivity contribution in [3.05, 3.63) is 29.2 Å². The summed E-state index contributed by atoms with van der Waals surface area (Å²) >= 11 is 5.79. The van der Waals surface area contributed by atoms with E-state index in [4.69, 9.17) is 27.4 Å². The van der Waals surface area contributed by atoms with Gasteiger partial charge in [0, 0.05) is 16.9 Å². The lowest BCUT2D eigenvalue weighted by molar-refractivity contribution is 0.0689. The molecule has 6 nitrogen and oxygen atoms in total. The molecule has 0 bridgehead atoms. The average molecular weight is 295 g/mol. The van der Waals surface area contributed by atoms with Gasteiger partial charge in [-0.05, 0) is 6.07 Å². The normalized spacial score (nSPS) is 11.9. The van der Waals surface area contributed by atoms with Crippen molar-refractivity contribution >= 4 is 43.0 Å². The number of aromatic carboxylic acids is 1. The Morgan fingerprint density at radius 1 is 1.47 bits per heavy atom. The molecule has 0 radical (unpaired) electrons. The highest BCUT2D eigenvalue weighted by molar-refractivity contribution is 8.13. The topological polar surface area (TPSA) is 88.7 Å². The minimum Gasteiger partial charge on any atom is -0.477 e. The molecular formula is C8H4Cl2N2O4S. The zero-order valence-electron chi connectivity index (χ0n) is 7.96. The number of hydrogen-bond donors (Lipinski definition) is 1. The van der Waals surface area contributed by atoms with Crippen molar-refractivity contribution in [1.29, 1.82) is 0 Å². The summed E-state index contributed by atoms with van der Waals surface area (Å²) in [5.41, 5.74) is -0.0581. The molecule has 2 heterocycles. The standard InChI is InChI=1S/C8H4Cl2N2O4S/c9-5-1-4(17(10,15)16)3-12-6(8(13)14)2-11-7(5)12/h1-3H,(H,13,14). The van der Waals surface area contributed by atoms with Gasteiger partial charge in [-0.2, -0.15) is 0 Å². The van der Waals surface area contributed by atoms with Crippen molar-refractivity contribution < 1.29 is 18.3 Å². The number of pyridine rings is 1. The summed E-state index contributed by atoms with van der Waals surface area (Å²) in [6.07, 6.45) is 2.13. The lowest BCUT2D eigenvalue weighted by Crippen LogP contribution is -2.03. The van der Waals surface area contributed by atoms with Crippen molar-refractivity contribution in [3.8, 4) is 0 Å². The molecule has 0 saturated heterocycles. The molecule has 0 spiro atoms. The number of hydrogen-bond acceptors (Lipinski definition) is 4. The number of carboxylic acids is 1. The third kappa shape index (κ3) is 2.08. The predicted octanol–water partition coefficient (Wildman–Crippen LogP) is 1.61. The Labute approximate surface area is 105 Å². The van der Waals surface area contributed by atoms with E-state index in [0.717, 1.165) is 22.9 Å². The molecule has 0 amide bonds. The Morgan fingerprint density at radius 2 is 2.12 bits per heavy atom. The minimum atomic E-state index is -3.99. The maximum absolute atomic E-state index is 11.2. The molecule has 17 heavy (non-hydrogen) atoms. The molecule has 2 aromatic heterocycles. The molecule has 1 N–H and O–H groups in total. The van der Waals surface area contributed by atoms with Crippen LogP contribution in [-0.4, -0.2) is 28.9 Å². The molecule has 0 saturated carbocycles. The molecule has 90 valence electrons. The van der Waals surface area contributed by atoms with E-state index in [-0.39, 0.29) is 21.3 Å². The van der Waals surface area contributed by atoms with Crippen LogP contribution in [-0.2, 0) is 9.05 Å². The first kappa shape index (κ1) is 12.2. The SMILES string of the molecule is O=C(O)c1cnc2c(Cl)cc(S(=O)(=O)Cl)cn12. The van der Waals surface area contributed by atoms with Crippen molar-refractivity contribution in [2.45, 2.75) is 4.90 Å². The molecule has 2 aromatic rings. The van der Waals surface area contributed by atoms with E-state index in [1.54, 1.807) is 0 Å². The summed E-state index contributed by atoms with van der Waals surface area (Å²) in [5.74, 6) is -1.25. The number of carboxylic acid groups (broad SMARTS) is 1. The molecular weight excluding hydrogens is 291 g/mol. The van der Waals surface area contributed by atoms with E-state index < -0.39 is 15.0 Å². The summed E-state index contributed by atoms with van der Waals surface area (Å²) in [7, 11) is 1.17. The summed E-state index contributed by atoms with van der Waals surface area (Å²) in [6, 6.07) is 1.11. The van der Waals surface area contributed by atoms with Crippen LogP contribution in [0, 0.1) is 0 Å². The van der Waals surface area contributed by atoms with E-state index in [1.165, 1.54) is 0 Å². The summed E-state index contributed by atoms with van der Waals surface area (Å²) in [4.78, 5) is 14.3. The van der Waals surface area contributed by atoms with Gasteiger partial charge in [0.15, 0.2) is 11.3 Å². The van der Waals surface area contributed by atoms with E-state index >= 15 is 0 Å². The Hall–Kier alpha value is -1.31. The maximum Gasteiger partial charge on any atom is 0.354 e. The van der Waals surface area contributed by atoms with Gasteiger partial charge in [0.2, 0.25) is 0 Å². The van der Waals surface area contributed by atoms with Gasteiger partial charge >= 0.3 is 5.97 Å². The van der Waals surface area contributed by atoms with Crippen molar-refractivity contribution in [1.82, 2.24) is 9.38 Å². The third-order valence-corrected chi connectivity index (χ3v) is 3.64. The number of fused-ring (bicyclic) bond motifs is 1. The highest BCUT2D eigenvalue weighted by Crippen LogP contribution is 2.24. The second kappa shape index (κ2) is 3.86. The van der Waals surface area contributed by atoms with E-state index in [1.807, 2.05) is 0 Å². The smallest absolute Gasteiger partial charge is 0.354 e. The van der Waals surface area contributed by atoms with Gasteiger partial charge in [-0.3, -0.25) is 4.40 Å². The summed E-state index contributed by atoms with van der Waals surface area (Å²) in [5, 5.41) is 8.87. The third-order valence-electron chi connectivity index (χ3n) is 2.04. The van der Waals surface area contributed by atoms with Gasteiger partial charge in [0.05, 0.1) is 11.2 Å². The van der Waals surface area contributed by atoms with Crippen LogP contribution in [0.5, 0.6) is 0 Å². The molecule has 0 aliphatic heterocycles. The van der Waals surface area contributed by atoms with Gasteiger partial charge in [-0.25, -0.2) is 18.2 Å². The van der Waals surface area contributed by atoms with Gasteiger partial charge in [0.1, 0.15) is 4.90 Å². The molecule has 0 atom stereocenters. The largest absolute Gasteiger partial charge is 0.477 e. The first-order valence-electron chi connectivity index (χ1n) is 4.15. The highest BCUT2D eigenvalue weighted by Gasteiger charge is 2.18. The van der Waals surface area contributed by atoms with Gasteiger partial charge in [-0.1, -0.05) is 11.6 Å². The van der Waals surface area contributed by atoms with Gasteiger partial charge in [-0.15, -0.1) is 0 Å². The van der Waals surface area contributed by atoms with Crippen LogP contribution in [0.25, 0.3) is 5.65 Å². The Kier molecular flexibility index (Phi) is 2.76. The van der Waals surface area contributed by atoms with Gasteiger partial charge < -0.3 is 5.11 Å². The lowest BCUT2D eigenvalue weighted by atomic mass is 10.4. The average Bonchev–Trinajstić information content (AvgIpc) is 2.60. The molecule has 0 aliphatic rings. The highest BCUT2D eigenvalue weighted by atomic mass is 35.7. The van der Waals surface area contributed by atoms with Crippen LogP contribution in [0.3, 0.4) is 0 Å². The Balaban J connectivity index is 2.87. The van der Waals surface area contributed by atoms with Crippen LogP contribution in [0.1, 0.15) is 10.5 Å². The Bertz CT molecular complexity index is 722. The van der Waals surface area contributed by atoms with E-state index in [2.05, 4.69) is 4.98 Å². The maximum atomic E-state index is 11.2. The fraction of sp³-hybridized carbons (Fsp3) is 0. The number of carbonyl (C=O) groups is 1. The Morgan fingerprint density at radius 3 is 2.65 bits per heavy atom. The zero-order chi connectivity index (χ0) is 12.8. The van der Waals surface area contributed by atoms with E-state index in [0.29, 0.717) is 0 Å². The number of aromatic nitrogens is 2. The van der Waals surface area contributed by atoms with Crippen LogP contribution >= 0.6 is 22.3 Å². The lowest BCUT2D eigenvalue weighted by Gasteiger charge is -2.02. The number of imidazole rings is 1. The second-order valence-corrected chi connectivity index (χ2v) is 6.08. The fourth-order valence-corrected chi connectivity index (χ4v) is 2.38. The number of rotatable bonds is 2. The molecule has 0 aliphatic carbocycles. The second-order valence-electron chi connectivity index (χ2n) is 3.10. The van der Waals surface area contributed by atoms with Gasteiger partial charge in [0.25, 0.3) is 9.05 Å². The number of halogens is 2. The zero-order valence-corrected chi connectivity index (χ0v) is 10.3. The summed E-state index contributed by atoms with van der Waals surface area (Å²) in [6.45, 7) is 0. The van der Waals surface area contributed by atoms with Crippen LogP contribution in [0.15, 0.2) is 23.4 Å². The van der Waals surface area contributed by atoms with Crippen LogP contribution in [0.4, 0.5) is 0 Å². The van der Waals surface area contributed by atoms with Crippen molar-refractivity contribution in [2.75, 3.05) is 0 Å². The minimum absolute atomic E-state index is 0.000718. The molecule has 0 aromatic carbocycles. The first-order valence-corrected chi connectivity index (χ1v) is 6.84. The molecule has 0 unspecified atom stereocenters. The predicted molar refractivity (Wildman–Crippen MR) is 60.2 cm³/mol. The molecule has 0 fully saturated rings. The summed E-state index contributed by atoms with van der Waals surface area (Å²) < 4.78 is 23.4. The van der Waals surface area contributed by atoms with Crippen LogP contribution < -0.4 is 0 Å². The number of nitrogens with zero attached hydrogens (tertiary/aromatic N) is 2. The van der Waals surface area contributed by atoms with E-state index in [9.17, 15) is 13.2 Å². The van der Waals surface area contributed by atoms with Crippen LogP contribution in [0.2, 0.25) is 5.02 Å². The molecule has 9 heteroatoms.